The minimum absolute atomic E-state index is 0.0717. The van der Waals surface area contributed by atoms with Crippen molar-refractivity contribution in [3.63, 3.8) is 0 Å². The Labute approximate surface area is 89.3 Å². The molecule has 1 aromatic carbocycles. The summed E-state index contributed by atoms with van der Waals surface area (Å²) in [5, 5.41) is 0. The van der Waals surface area contributed by atoms with Gasteiger partial charge in [-0.15, -0.1) is 0 Å². The van der Waals surface area contributed by atoms with E-state index in [4.69, 9.17) is 0 Å². The normalized spacial score (nSPS) is 11.3. The van der Waals surface area contributed by atoms with Gasteiger partial charge in [-0.25, -0.2) is 4.39 Å². The first-order chi connectivity index (χ1) is 7.34. The number of esters is 1. The third-order valence-electron chi connectivity index (χ3n) is 1.99. The van der Waals surface area contributed by atoms with E-state index >= 15 is 0 Å². The first-order valence-electron chi connectivity index (χ1n) is 4.39. The summed E-state index contributed by atoms with van der Waals surface area (Å²) in [6, 6.07) is 2.45. The minimum Gasteiger partial charge on any atom is -0.469 e. The second-order valence-electron chi connectivity index (χ2n) is 3.18. The summed E-state index contributed by atoms with van der Waals surface area (Å²) < 4.78 is 54.2. The predicted molar refractivity (Wildman–Crippen MR) is 50.8 cm³/mol. The van der Waals surface area contributed by atoms with Crippen LogP contribution in [0.5, 0.6) is 0 Å². The molecule has 0 atom stereocenters. The molecule has 0 aliphatic carbocycles. The van der Waals surface area contributed by atoms with Gasteiger partial charge >= 0.3 is 12.9 Å². The minimum atomic E-state index is -5.41. The Bertz CT molecular complexity index is 403. The van der Waals surface area contributed by atoms with Gasteiger partial charge in [-0.1, -0.05) is 17.6 Å². The first kappa shape index (κ1) is 12.5. The van der Waals surface area contributed by atoms with E-state index < -0.39 is 24.2 Å². The largest absolute Gasteiger partial charge is 0.512 e. The molecule has 0 saturated heterocycles. The summed E-state index contributed by atoms with van der Waals surface area (Å²) in [6.45, 7) is -5.41. The number of rotatable bonds is 3. The fourth-order valence-corrected chi connectivity index (χ4v) is 1.19. The van der Waals surface area contributed by atoms with Gasteiger partial charge < -0.3 is 17.7 Å². The fourth-order valence-electron chi connectivity index (χ4n) is 1.19. The number of hydrogen-bond donors (Lipinski definition) is 0. The van der Waals surface area contributed by atoms with E-state index in [1.807, 2.05) is 0 Å². The molecule has 1 rings (SSSR count). The van der Waals surface area contributed by atoms with Crippen LogP contribution in [0.15, 0.2) is 18.2 Å². The number of carbonyl (C=O) groups is 1. The van der Waals surface area contributed by atoms with E-state index in [2.05, 4.69) is 4.74 Å². The third kappa shape index (κ3) is 2.98. The van der Waals surface area contributed by atoms with Gasteiger partial charge in [0.2, 0.25) is 0 Å². The van der Waals surface area contributed by atoms with E-state index in [1.54, 1.807) is 0 Å². The molecular formula is C9H8BF4O2-. The van der Waals surface area contributed by atoms with Gasteiger partial charge in [0.1, 0.15) is 0 Å². The zero-order valence-corrected chi connectivity index (χ0v) is 8.34. The lowest BCUT2D eigenvalue weighted by Crippen LogP contribution is -2.37. The highest BCUT2D eigenvalue weighted by Gasteiger charge is 2.29. The van der Waals surface area contributed by atoms with E-state index in [0.29, 0.717) is 12.1 Å². The highest BCUT2D eigenvalue weighted by Crippen LogP contribution is 2.13. The molecule has 0 bridgehead atoms. The maximum atomic E-state index is 12.9. The summed E-state index contributed by atoms with van der Waals surface area (Å²) in [4.78, 5) is 10.8. The average molecular weight is 235 g/mol. The van der Waals surface area contributed by atoms with Crippen LogP contribution >= 0.6 is 0 Å². The number of hydrogen-bond acceptors (Lipinski definition) is 2. The van der Waals surface area contributed by atoms with E-state index in [-0.39, 0.29) is 12.0 Å². The topological polar surface area (TPSA) is 26.3 Å². The summed E-state index contributed by atoms with van der Waals surface area (Å²) in [5.74, 6) is -2.01. The lowest BCUT2D eigenvalue weighted by Gasteiger charge is -2.16. The molecule has 0 aliphatic heterocycles. The van der Waals surface area contributed by atoms with Crippen molar-refractivity contribution in [1.29, 1.82) is 0 Å². The molecule has 2 nitrogen and oxygen atoms in total. The van der Waals surface area contributed by atoms with Crippen LogP contribution in [0, 0.1) is 5.82 Å². The van der Waals surface area contributed by atoms with Crippen molar-refractivity contribution in [2.24, 2.45) is 0 Å². The highest BCUT2D eigenvalue weighted by atomic mass is 19.4. The zero-order valence-electron chi connectivity index (χ0n) is 8.34. The lowest BCUT2D eigenvalue weighted by molar-refractivity contribution is -0.139. The Morgan fingerprint density at radius 1 is 1.38 bits per heavy atom. The molecule has 0 N–H and O–H groups in total. The second kappa shape index (κ2) is 4.55. The molecule has 0 saturated carbocycles. The van der Waals surface area contributed by atoms with Crippen LogP contribution in [0.2, 0.25) is 0 Å². The van der Waals surface area contributed by atoms with Gasteiger partial charge in [0.15, 0.2) is 0 Å². The molecular weight excluding hydrogens is 227 g/mol. The van der Waals surface area contributed by atoms with Gasteiger partial charge in [0.25, 0.3) is 0 Å². The van der Waals surface area contributed by atoms with Gasteiger partial charge in [-0.3, -0.25) is 4.79 Å². The van der Waals surface area contributed by atoms with Gasteiger partial charge in [0.05, 0.1) is 19.3 Å². The standard InChI is InChI=1S/C9H8BF4O2/c1-16-9(15)5-6-2-3-8(11)7(4-6)10(12,13)14/h2-4H,5H2,1H3/q-1. The molecule has 0 amide bonds. The molecule has 88 valence electrons. The number of carbonyl (C=O) groups excluding carboxylic acids is 1. The average Bonchev–Trinajstić information content (AvgIpc) is 2.19. The number of methoxy groups -OCH3 is 1. The molecule has 7 heteroatoms. The smallest absolute Gasteiger partial charge is 0.469 e. The molecule has 1 aromatic rings. The first-order valence-corrected chi connectivity index (χ1v) is 4.39. The van der Waals surface area contributed by atoms with Crippen LogP contribution in [0.3, 0.4) is 0 Å². The zero-order chi connectivity index (χ0) is 12.3. The van der Waals surface area contributed by atoms with Crippen molar-refractivity contribution < 1.29 is 26.9 Å². The Morgan fingerprint density at radius 3 is 2.50 bits per heavy atom. The predicted octanol–water partition coefficient (Wildman–Crippen LogP) is 1.60. The van der Waals surface area contributed by atoms with Crippen LogP contribution < -0.4 is 5.46 Å². The van der Waals surface area contributed by atoms with Gasteiger partial charge in [-0.05, 0) is 11.6 Å². The Balaban J connectivity index is 3.03. The molecule has 0 aliphatic rings. The van der Waals surface area contributed by atoms with Crippen LogP contribution in [0.4, 0.5) is 17.3 Å². The Morgan fingerprint density at radius 2 is 2.00 bits per heavy atom. The Kier molecular flexibility index (Phi) is 3.56. The van der Waals surface area contributed by atoms with Crippen LogP contribution in [0.1, 0.15) is 5.56 Å². The molecule has 0 fully saturated rings. The van der Waals surface area contributed by atoms with E-state index in [9.17, 15) is 22.1 Å². The molecule has 16 heavy (non-hydrogen) atoms. The molecule has 0 aromatic heterocycles. The van der Waals surface area contributed by atoms with Crippen molar-refractivity contribution in [3.8, 4) is 0 Å². The maximum absolute atomic E-state index is 12.9. The summed E-state index contributed by atoms with van der Waals surface area (Å²) in [6.07, 6.45) is -0.310. The van der Waals surface area contributed by atoms with Crippen molar-refractivity contribution in [2.75, 3.05) is 7.11 Å². The lowest BCUT2D eigenvalue weighted by atomic mass is 9.78. The van der Waals surface area contributed by atoms with Crippen molar-refractivity contribution in [1.82, 2.24) is 0 Å². The van der Waals surface area contributed by atoms with Gasteiger partial charge in [0, 0.05) is 0 Å². The quantitative estimate of drug-likeness (QED) is 0.451. The molecule has 0 spiro atoms. The number of ether oxygens (including phenoxy) is 1. The summed E-state index contributed by atoms with van der Waals surface area (Å²) in [5.41, 5.74) is -1.25. The van der Waals surface area contributed by atoms with Crippen LogP contribution in [-0.2, 0) is 16.0 Å². The number of benzene rings is 1. The van der Waals surface area contributed by atoms with Crippen molar-refractivity contribution in [3.05, 3.63) is 29.6 Å². The van der Waals surface area contributed by atoms with Crippen molar-refractivity contribution in [2.45, 2.75) is 6.42 Å². The second-order valence-corrected chi connectivity index (χ2v) is 3.18. The van der Waals surface area contributed by atoms with E-state index in [0.717, 1.165) is 13.2 Å². The summed E-state index contributed by atoms with van der Waals surface area (Å²) >= 11 is 0. The Hall–Kier alpha value is -1.53. The maximum Gasteiger partial charge on any atom is 0.512 e. The van der Waals surface area contributed by atoms with Crippen LogP contribution in [-0.4, -0.2) is 20.1 Å². The summed E-state index contributed by atoms with van der Waals surface area (Å²) in [7, 11) is 1.13. The van der Waals surface area contributed by atoms with Crippen LogP contribution in [0.25, 0.3) is 0 Å². The molecule has 0 heterocycles. The monoisotopic (exact) mass is 235 g/mol. The van der Waals surface area contributed by atoms with Crippen molar-refractivity contribution >= 4 is 18.4 Å². The van der Waals surface area contributed by atoms with E-state index in [1.165, 1.54) is 0 Å². The SMILES string of the molecule is COC(=O)Cc1ccc(F)c([B-](F)(F)F)c1. The third-order valence-corrected chi connectivity index (χ3v) is 1.99. The molecule has 0 radical (unpaired) electrons. The fraction of sp³-hybridized carbons (Fsp3) is 0.222. The number of halogens is 4. The molecule has 0 unspecified atom stereocenters. The van der Waals surface area contributed by atoms with Gasteiger partial charge in [-0.2, -0.15) is 0 Å². The highest BCUT2D eigenvalue weighted by molar-refractivity contribution is 6.73.